The number of nitrogens with zero attached hydrogens (tertiary/aromatic N) is 4. The monoisotopic (exact) mass is 433 g/mol. The minimum absolute atomic E-state index is 0.163. The maximum atomic E-state index is 13.0. The normalized spacial score (nSPS) is 14.4. The lowest BCUT2D eigenvalue weighted by atomic mass is 10.1. The molecule has 0 bridgehead atoms. The third-order valence-electron chi connectivity index (χ3n) is 5.41. The number of hydrogen-bond acceptors (Lipinski definition) is 5. The molecule has 1 fully saturated rings. The Kier molecular flexibility index (Phi) is 7.49. The predicted octanol–water partition coefficient (Wildman–Crippen LogP) is 2.33. The van der Waals surface area contributed by atoms with E-state index in [0.717, 1.165) is 38.0 Å². The lowest BCUT2D eigenvalue weighted by Crippen LogP contribution is -2.32. The van der Waals surface area contributed by atoms with Crippen LogP contribution in [0.1, 0.15) is 43.5 Å². The Morgan fingerprint density at radius 1 is 1.20 bits per heavy atom. The molecule has 0 spiro atoms. The number of anilines is 1. The minimum atomic E-state index is -3.63. The lowest BCUT2D eigenvalue weighted by Gasteiger charge is -2.23. The molecular weight excluding hydrogens is 402 g/mol. The third kappa shape index (κ3) is 5.02. The second-order valence-corrected chi connectivity index (χ2v) is 9.28. The van der Waals surface area contributed by atoms with Crippen molar-refractivity contribution in [3.63, 3.8) is 0 Å². The maximum absolute atomic E-state index is 13.0. The standard InChI is InChI=1S/C21H31N5O3S/c1-3-26(4-2)30(28,29)18-9-10-20(24-13-5-6-14-24)19(17-18)21(27)22-11-7-15-25-16-8-12-23-25/h8-10,12,16-17H,3-7,11,13-15H2,1-2H3,(H,22,27). The van der Waals surface area contributed by atoms with Gasteiger partial charge in [-0.05, 0) is 43.5 Å². The molecule has 30 heavy (non-hydrogen) atoms. The summed E-state index contributed by atoms with van der Waals surface area (Å²) in [7, 11) is -3.63. The number of carbonyl (C=O) groups is 1. The molecule has 0 saturated carbocycles. The van der Waals surface area contributed by atoms with E-state index in [4.69, 9.17) is 0 Å². The van der Waals surface area contributed by atoms with E-state index >= 15 is 0 Å². The Hall–Kier alpha value is -2.39. The average Bonchev–Trinajstić information content (AvgIpc) is 3.45. The minimum Gasteiger partial charge on any atom is -0.371 e. The van der Waals surface area contributed by atoms with Crippen LogP contribution >= 0.6 is 0 Å². The molecule has 1 N–H and O–H groups in total. The summed E-state index contributed by atoms with van der Waals surface area (Å²) >= 11 is 0. The van der Waals surface area contributed by atoms with Crippen molar-refractivity contribution in [1.82, 2.24) is 19.4 Å². The van der Waals surface area contributed by atoms with E-state index in [1.807, 2.05) is 30.8 Å². The summed E-state index contributed by atoms with van der Waals surface area (Å²) in [4.78, 5) is 15.3. The maximum Gasteiger partial charge on any atom is 0.253 e. The van der Waals surface area contributed by atoms with E-state index in [9.17, 15) is 13.2 Å². The Balaban J connectivity index is 1.80. The van der Waals surface area contributed by atoms with E-state index in [1.165, 1.54) is 10.4 Å². The molecule has 0 unspecified atom stereocenters. The molecule has 0 aliphatic carbocycles. The van der Waals surface area contributed by atoms with Gasteiger partial charge in [-0.1, -0.05) is 13.8 Å². The summed E-state index contributed by atoms with van der Waals surface area (Å²) < 4.78 is 29.2. The van der Waals surface area contributed by atoms with E-state index in [2.05, 4.69) is 15.3 Å². The van der Waals surface area contributed by atoms with Gasteiger partial charge in [-0.2, -0.15) is 9.40 Å². The van der Waals surface area contributed by atoms with Gasteiger partial charge >= 0.3 is 0 Å². The fourth-order valence-corrected chi connectivity index (χ4v) is 5.26. The molecule has 2 aromatic rings. The van der Waals surface area contributed by atoms with Crippen LogP contribution in [0.3, 0.4) is 0 Å². The number of nitrogens with one attached hydrogen (secondary N) is 1. The Bertz CT molecular complexity index is 934. The molecule has 3 rings (SSSR count). The first-order valence-electron chi connectivity index (χ1n) is 10.6. The first-order chi connectivity index (χ1) is 14.5. The van der Waals surface area contributed by atoms with Crippen LogP contribution < -0.4 is 10.2 Å². The molecule has 8 nitrogen and oxygen atoms in total. The summed E-state index contributed by atoms with van der Waals surface area (Å²) in [5.41, 5.74) is 1.22. The number of amides is 1. The highest BCUT2D eigenvalue weighted by Crippen LogP contribution is 2.28. The van der Waals surface area contributed by atoms with Crippen molar-refractivity contribution >= 4 is 21.6 Å². The van der Waals surface area contributed by atoms with Gasteiger partial charge in [0.2, 0.25) is 10.0 Å². The molecule has 1 aromatic heterocycles. The fraction of sp³-hybridized carbons (Fsp3) is 0.524. The molecule has 2 heterocycles. The van der Waals surface area contributed by atoms with Gasteiger partial charge in [-0.15, -0.1) is 0 Å². The molecule has 9 heteroatoms. The lowest BCUT2D eigenvalue weighted by molar-refractivity contribution is 0.0953. The largest absolute Gasteiger partial charge is 0.371 e. The van der Waals surface area contributed by atoms with Gasteiger partial charge in [0.25, 0.3) is 5.91 Å². The molecule has 1 aliphatic rings. The summed E-state index contributed by atoms with van der Waals surface area (Å²) in [6.07, 6.45) is 6.50. The van der Waals surface area contributed by atoms with Crippen LogP contribution in [0.4, 0.5) is 5.69 Å². The van der Waals surface area contributed by atoms with Gasteiger partial charge in [0.15, 0.2) is 0 Å². The van der Waals surface area contributed by atoms with Gasteiger partial charge < -0.3 is 10.2 Å². The zero-order chi connectivity index (χ0) is 21.6. The van der Waals surface area contributed by atoms with Crippen LogP contribution in [0.15, 0.2) is 41.6 Å². The van der Waals surface area contributed by atoms with Gasteiger partial charge in [-0.25, -0.2) is 8.42 Å². The second-order valence-electron chi connectivity index (χ2n) is 7.34. The number of aryl methyl sites for hydroxylation is 1. The number of aromatic nitrogens is 2. The van der Waals surface area contributed by atoms with Crippen molar-refractivity contribution in [3.05, 3.63) is 42.2 Å². The molecule has 1 amide bonds. The summed E-state index contributed by atoms with van der Waals surface area (Å²) in [6, 6.07) is 6.79. The van der Waals surface area contributed by atoms with Crippen LogP contribution in [0.2, 0.25) is 0 Å². The number of sulfonamides is 1. The van der Waals surface area contributed by atoms with Gasteiger partial charge in [0.1, 0.15) is 0 Å². The topological polar surface area (TPSA) is 87.5 Å². The quantitative estimate of drug-likeness (QED) is 0.581. The summed E-state index contributed by atoms with van der Waals surface area (Å²) in [5, 5.41) is 7.10. The van der Waals surface area contributed by atoms with Crippen LogP contribution in [0.5, 0.6) is 0 Å². The van der Waals surface area contributed by atoms with Gasteiger partial charge in [0, 0.05) is 57.3 Å². The van der Waals surface area contributed by atoms with Crippen molar-refractivity contribution < 1.29 is 13.2 Å². The average molecular weight is 434 g/mol. The van der Waals surface area contributed by atoms with Crippen LogP contribution in [-0.2, 0) is 16.6 Å². The molecule has 0 atom stereocenters. The zero-order valence-electron chi connectivity index (χ0n) is 17.7. The summed E-state index contributed by atoms with van der Waals surface area (Å²) in [6.45, 7) is 7.36. The van der Waals surface area contributed by atoms with Crippen LogP contribution in [0.25, 0.3) is 0 Å². The number of benzene rings is 1. The molecule has 164 valence electrons. The molecule has 1 saturated heterocycles. The third-order valence-corrected chi connectivity index (χ3v) is 7.46. The second kappa shape index (κ2) is 10.1. The SMILES string of the molecule is CCN(CC)S(=O)(=O)c1ccc(N2CCCC2)c(C(=O)NCCCn2cccn2)c1. The first kappa shape index (κ1) is 22.3. The number of rotatable bonds is 10. The molecular formula is C21H31N5O3S. The summed E-state index contributed by atoms with van der Waals surface area (Å²) in [5.74, 6) is -0.242. The van der Waals surface area contributed by atoms with E-state index in [0.29, 0.717) is 31.7 Å². The number of carbonyl (C=O) groups excluding carboxylic acids is 1. The van der Waals surface area contributed by atoms with Gasteiger partial charge in [0.05, 0.1) is 10.5 Å². The van der Waals surface area contributed by atoms with Crippen LogP contribution in [0, 0.1) is 0 Å². The highest BCUT2D eigenvalue weighted by molar-refractivity contribution is 7.89. The number of hydrogen-bond donors (Lipinski definition) is 1. The van der Waals surface area contributed by atoms with E-state index in [-0.39, 0.29) is 10.8 Å². The fourth-order valence-electron chi connectivity index (χ4n) is 3.77. The zero-order valence-corrected chi connectivity index (χ0v) is 18.6. The Labute approximate surface area is 178 Å². The van der Waals surface area contributed by atoms with Crippen molar-refractivity contribution in [2.45, 2.75) is 44.6 Å². The van der Waals surface area contributed by atoms with Crippen molar-refractivity contribution in [3.8, 4) is 0 Å². The highest BCUT2D eigenvalue weighted by atomic mass is 32.2. The molecule has 1 aromatic carbocycles. The van der Waals surface area contributed by atoms with Crippen LogP contribution in [-0.4, -0.2) is 61.1 Å². The Morgan fingerprint density at radius 3 is 2.57 bits per heavy atom. The van der Waals surface area contributed by atoms with Crippen molar-refractivity contribution in [2.24, 2.45) is 0 Å². The highest BCUT2D eigenvalue weighted by Gasteiger charge is 2.26. The van der Waals surface area contributed by atoms with Crippen molar-refractivity contribution in [2.75, 3.05) is 37.6 Å². The van der Waals surface area contributed by atoms with E-state index in [1.54, 1.807) is 18.3 Å². The predicted molar refractivity (Wildman–Crippen MR) is 117 cm³/mol. The molecule has 0 radical (unpaired) electrons. The molecule has 1 aliphatic heterocycles. The first-order valence-corrected chi connectivity index (χ1v) is 12.1. The smallest absolute Gasteiger partial charge is 0.253 e. The van der Waals surface area contributed by atoms with Gasteiger partial charge in [-0.3, -0.25) is 9.48 Å². The Morgan fingerprint density at radius 2 is 1.93 bits per heavy atom. The van der Waals surface area contributed by atoms with E-state index < -0.39 is 10.0 Å². The van der Waals surface area contributed by atoms with Crippen molar-refractivity contribution in [1.29, 1.82) is 0 Å².